The van der Waals surface area contributed by atoms with E-state index in [0.717, 1.165) is 63.5 Å². The number of likely N-dealkylation sites (tertiary alicyclic amines) is 1. The molecular formula is C16H25N3O2S. The van der Waals surface area contributed by atoms with Gasteiger partial charge in [-0.15, -0.1) is 11.3 Å². The molecule has 1 N–H and O–H groups in total. The lowest BCUT2D eigenvalue weighted by molar-refractivity contribution is 0.0454. The van der Waals surface area contributed by atoms with Crippen LogP contribution in [0, 0.1) is 0 Å². The summed E-state index contributed by atoms with van der Waals surface area (Å²) < 4.78 is 0. The number of piperidine rings is 1. The van der Waals surface area contributed by atoms with E-state index in [1.807, 2.05) is 22.4 Å². The van der Waals surface area contributed by atoms with Crippen molar-refractivity contribution in [1.29, 1.82) is 0 Å². The van der Waals surface area contributed by atoms with E-state index < -0.39 is 0 Å². The number of hydrogen-bond donors (Lipinski definition) is 1. The van der Waals surface area contributed by atoms with E-state index in [2.05, 4.69) is 9.80 Å². The van der Waals surface area contributed by atoms with E-state index in [-0.39, 0.29) is 12.5 Å². The van der Waals surface area contributed by atoms with Crippen LogP contribution in [0.1, 0.15) is 22.5 Å². The summed E-state index contributed by atoms with van der Waals surface area (Å²) in [7, 11) is 0. The first kappa shape index (κ1) is 15.9. The molecule has 0 unspecified atom stereocenters. The normalized spacial score (nSPS) is 22.1. The fraction of sp³-hybridized carbons (Fsp3) is 0.688. The molecule has 6 heteroatoms. The second-order valence-electron chi connectivity index (χ2n) is 6.10. The molecule has 0 saturated carbocycles. The van der Waals surface area contributed by atoms with Crippen molar-refractivity contribution in [1.82, 2.24) is 14.7 Å². The average molecular weight is 323 g/mol. The van der Waals surface area contributed by atoms with Crippen LogP contribution in [0.25, 0.3) is 0 Å². The summed E-state index contributed by atoms with van der Waals surface area (Å²) >= 11 is 1.53. The maximum atomic E-state index is 12.4. The highest BCUT2D eigenvalue weighted by atomic mass is 32.1. The minimum absolute atomic E-state index is 0.196. The summed E-state index contributed by atoms with van der Waals surface area (Å²) in [6.07, 6.45) is 2.16. The maximum Gasteiger partial charge on any atom is 0.263 e. The van der Waals surface area contributed by atoms with Gasteiger partial charge in [0.2, 0.25) is 0 Å². The molecule has 3 rings (SSSR count). The maximum absolute atomic E-state index is 12.4. The number of aliphatic hydroxyl groups is 1. The number of nitrogens with zero attached hydrogens (tertiary/aromatic N) is 3. The van der Waals surface area contributed by atoms with Crippen molar-refractivity contribution in [3.63, 3.8) is 0 Å². The first-order chi connectivity index (χ1) is 10.8. The van der Waals surface area contributed by atoms with Gasteiger partial charge < -0.3 is 10.0 Å². The standard InChI is InChI=1S/C16H25N3O2S/c20-12-11-17-7-9-18(10-8-17)14-3-5-19(6-4-14)16(21)15-2-1-13-22-15/h1-2,13-14,20H,3-12H2. The number of carbonyl (C=O) groups excluding carboxylic acids is 1. The molecular weight excluding hydrogens is 298 g/mol. The van der Waals surface area contributed by atoms with Crippen LogP contribution in [-0.4, -0.2) is 84.2 Å². The van der Waals surface area contributed by atoms with Crippen LogP contribution in [0.3, 0.4) is 0 Å². The number of thiophene rings is 1. The van der Waals surface area contributed by atoms with Crippen molar-refractivity contribution >= 4 is 17.2 Å². The zero-order valence-electron chi connectivity index (χ0n) is 13.0. The molecule has 2 saturated heterocycles. The lowest BCUT2D eigenvalue weighted by Crippen LogP contribution is -2.54. The Labute approximate surface area is 136 Å². The van der Waals surface area contributed by atoms with Gasteiger partial charge in [0, 0.05) is 51.9 Å². The van der Waals surface area contributed by atoms with Gasteiger partial charge in [-0.2, -0.15) is 0 Å². The third kappa shape index (κ3) is 3.68. The molecule has 2 aliphatic rings. The smallest absolute Gasteiger partial charge is 0.263 e. The molecule has 22 heavy (non-hydrogen) atoms. The second-order valence-corrected chi connectivity index (χ2v) is 7.05. The molecule has 0 aromatic carbocycles. The van der Waals surface area contributed by atoms with Gasteiger partial charge in [0.15, 0.2) is 0 Å². The Morgan fingerprint density at radius 2 is 1.91 bits per heavy atom. The Kier molecular flexibility index (Phi) is 5.46. The van der Waals surface area contributed by atoms with E-state index in [0.29, 0.717) is 6.04 Å². The summed E-state index contributed by atoms with van der Waals surface area (Å²) in [5.74, 6) is 0.196. The number of carbonyl (C=O) groups is 1. The van der Waals surface area contributed by atoms with Crippen molar-refractivity contribution < 1.29 is 9.90 Å². The summed E-state index contributed by atoms with van der Waals surface area (Å²) in [4.78, 5) is 20.1. The summed E-state index contributed by atoms with van der Waals surface area (Å²) in [5.41, 5.74) is 0. The van der Waals surface area contributed by atoms with Crippen LogP contribution in [0.15, 0.2) is 17.5 Å². The summed E-state index contributed by atoms with van der Waals surface area (Å²) in [6.45, 7) is 7.07. The zero-order valence-corrected chi connectivity index (χ0v) is 13.8. The van der Waals surface area contributed by atoms with E-state index in [4.69, 9.17) is 5.11 Å². The Morgan fingerprint density at radius 3 is 2.50 bits per heavy atom. The zero-order chi connectivity index (χ0) is 15.4. The molecule has 0 bridgehead atoms. The van der Waals surface area contributed by atoms with Crippen LogP contribution >= 0.6 is 11.3 Å². The highest BCUT2D eigenvalue weighted by Gasteiger charge is 2.29. The van der Waals surface area contributed by atoms with E-state index in [1.165, 1.54) is 11.3 Å². The number of aliphatic hydroxyl groups excluding tert-OH is 1. The van der Waals surface area contributed by atoms with Gasteiger partial charge in [-0.05, 0) is 24.3 Å². The monoisotopic (exact) mass is 323 g/mol. The van der Waals surface area contributed by atoms with Crippen molar-refractivity contribution in [3.05, 3.63) is 22.4 Å². The van der Waals surface area contributed by atoms with Crippen molar-refractivity contribution in [2.45, 2.75) is 18.9 Å². The topological polar surface area (TPSA) is 47.0 Å². The third-order valence-electron chi connectivity index (χ3n) is 4.82. The highest BCUT2D eigenvalue weighted by molar-refractivity contribution is 7.12. The van der Waals surface area contributed by atoms with Gasteiger partial charge in [0.05, 0.1) is 11.5 Å². The predicted octanol–water partition coefficient (Wildman–Crippen LogP) is 0.963. The molecule has 0 aliphatic carbocycles. The summed E-state index contributed by atoms with van der Waals surface area (Å²) in [6, 6.07) is 4.47. The van der Waals surface area contributed by atoms with Gasteiger partial charge in [-0.25, -0.2) is 0 Å². The minimum Gasteiger partial charge on any atom is -0.395 e. The molecule has 122 valence electrons. The van der Waals surface area contributed by atoms with Crippen LogP contribution in [0.4, 0.5) is 0 Å². The van der Waals surface area contributed by atoms with Crippen LogP contribution in [0.5, 0.6) is 0 Å². The molecule has 0 spiro atoms. The van der Waals surface area contributed by atoms with Crippen molar-refractivity contribution in [3.8, 4) is 0 Å². The predicted molar refractivity (Wildman–Crippen MR) is 88.3 cm³/mol. The Hall–Kier alpha value is -0.950. The van der Waals surface area contributed by atoms with E-state index >= 15 is 0 Å². The average Bonchev–Trinajstić information content (AvgIpc) is 3.10. The van der Waals surface area contributed by atoms with Crippen LogP contribution < -0.4 is 0 Å². The minimum atomic E-state index is 0.196. The molecule has 2 aliphatic heterocycles. The first-order valence-corrected chi connectivity index (χ1v) is 9.06. The van der Waals surface area contributed by atoms with Gasteiger partial charge in [-0.3, -0.25) is 14.6 Å². The molecule has 3 heterocycles. The molecule has 1 amide bonds. The van der Waals surface area contributed by atoms with Crippen molar-refractivity contribution in [2.75, 3.05) is 52.4 Å². The van der Waals surface area contributed by atoms with Gasteiger partial charge in [0.1, 0.15) is 0 Å². The fourth-order valence-electron chi connectivity index (χ4n) is 3.48. The number of β-amino-alcohol motifs (C(OH)–C–C–N with tert-alkyl or cyclic N) is 1. The fourth-order valence-corrected chi connectivity index (χ4v) is 4.17. The number of hydrogen-bond acceptors (Lipinski definition) is 5. The number of rotatable bonds is 4. The first-order valence-electron chi connectivity index (χ1n) is 8.18. The van der Waals surface area contributed by atoms with Crippen LogP contribution in [-0.2, 0) is 0 Å². The Morgan fingerprint density at radius 1 is 1.18 bits per heavy atom. The van der Waals surface area contributed by atoms with Gasteiger partial charge in [0.25, 0.3) is 5.91 Å². The lowest BCUT2D eigenvalue weighted by atomic mass is 10.0. The van der Waals surface area contributed by atoms with Gasteiger partial charge in [-0.1, -0.05) is 6.07 Å². The molecule has 0 atom stereocenters. The SMILES string of the molecule is O=C(c1cccs1)N1CCC(N2CCN(CCO)CC2)CC1. The molecule has 5 nitrogen and oxygen atoms in total. The lowest BCUT2D eigenvalue weighted by Gasteiger charge is -2.42. The molecule has 1 aromatic heterocycles. The van der Waals surface area contributed by atoms with E-state index in [9.17, 15) is 4.79 Å². The summed E-state index contributed by atoms with van der Waals surface area (Å²) in [5, 5.41) is 11.0. The van der Waals surface area contributed by atoms with Gasteiger partial charge >= 0.3 is 0 Å². The number of amides is 1. The highest BCUT2D eigenvalue weighted by Crippen LogP contribution is 2.21. The van der Waals surface area contributed by atoms with Crippen molar-refractivity contribution in [2.24, 2.45) is 0 Å². The Balaban J connectivity index is 1.45. The molecule has 2 fully saturated rings. The second kappa shape index (κ2) is 7.55. The quantitative estimate of drug-likeness (QED) is 0.897. The largest absolute Gasteiger partial charge is 0.395 e. The molecule has 1 aromatic rings. The Bertz CT molecular complexity index is 464. The van der Waals surface area contributed by atoms with E-state index in [1.54, 1.807) is 0 Å². The van der Waals surface area contributed by atoms with Crippen LogP contribution in [0.2, 0.25) is 0 Å². The molecule has 0 radical (unpaired) electrons. The third-order valence-corrected chi connectivity index (χ3v) is 5.68. The number of piperazine rings is 1.